The molecular formula is C17H20N2O4S2. The van der Waals surface area contributed by atoms with Gasteiger partial charge in [-0.3, -0.25) is 4.79 Å². The molecule has 0 aliphatic carbocycles. The van der Waals surface area contributed by atoms with Gasteiger partial charge in [0.15, 0.2) is 0 Å². The maximum atomic E-state index is 13.1. The molecule has 0 saturated carbocycles. The molecule has 1 aromatic carbocycles. The molecule has 2 heterocycles. The van der Waals surface area contributed by atoms with Crippen LogP contribution in [0.1, 0.15) is 16.5 Å². The number of carboxylic acid groups (broad SMARTS) is 1. The van der Waals surface area contributed by atoms with E-state index in [1.54, 1.807) is 10.4 Å². The molecule has 1 aliphatic rings. The van der Waals surface area contributed by atoms with Crippen LogP contribution in [-0.2, 0) is 21.2 Å². The molecule has 1 unspecified atom stereocenters. The van der Waals surface area contributed by atoms with E-state index in [1.807, 2.05) is 37.4 Å². The molecule has 2 aromatic rings. The van der Waals surface area contributed by atoms with Crippen LogP contribution in [0.25, 0.3) is 0 Å². The van der Waals surface area contributed by atoms with Crippen molar-refractivity contribution in [2.75, 3.05) is 26.7 Å². The molecule has 0 spiro atoms. The van der Waals surface area contributed by atoms with Crippen molar-refractivity contribution in [2.24, 2.45) is 0 Å². The molecule has 134 valence electrons. The molecule has 0 radical (unpaired) electrons. The predicted molar refractivity (Wildman–Crippen MR) is 96.2 cm³/mol. The van der Waals surface area contributed by atoms with Crippen LogP contribution in [0.4, 0.5) is 0 Å². The van der Waals surface area contributed by atoms with Crippen molar-refractivity contribution >= 4 is 27.3 Å². The Hall–Kier alpha value is -1.74. The van der Waals surface area contributed by atoms with Crippen LogP contribution in [0.5, 0.6) is 0 Å². The molecule has 8 heteroatoms. The maximum absolute atomic E-state index is 13.1. The van der Waals surface area contributed by atoms with Crippen molar-refractivity contribution in [1.82, 2.24) is 9.21 Å². The van der Waals surface area contributed by atoms with Gasteiger partial charge in [-0.15, -0.1) is 11.3 Å². The van der Waals surface area contributed by atoms with Gasteiger partial charge in [0.05, 0.1) is 12.5 Å². The molecule has 6 nitrogen and oxygen atoms in total. The number of thiophene rings is 1. The van der Waals surface area contributed by atoms with Crippen LogP contribution >= 0.6 is 11.3 Å². The quantitative estimate of drug-likeness (QED) is 0.859. The van der Waals surface area contributed by atoms with E-state index in [0.717, 1.165) is 16.9 Å². The Labute approximate surface area is 151 Å². The van der Waals surface area contributed by atoms with Gasteiger partial charge in [0.25, 0.3) is 10.0 Å². The van der Waals surface area contributed by atoms with Gasteiger partial charge in [-0.1, -0.05) is 30.3 Å². The summed E-state index contributed by atoms with van der Waals surface area (Å²) in [6, 6.07) is 12.4. The first kappa shape index (κ1) is 18.1. The van der Waals surface area contributed by atoms with E-state index in [4.69, 9.17) is 5.11 Å². The highest BCUT2D eigenvalue weighted by molar-refractivity contribution is 7.91. The molecule has 1 atom stereocenters. The van der Waals surface area contributed by atoms with E-state index in [2.05, 4.69) is 4.90 Å². The highest BCUT2D eigenvalue weighted by Gasteiger charge is 2.36. The lowest BCUT2D eigenvalue weighted by molar-refractivity contribution is -0.136. The van der Waals surface area contributed by atoms with Crippen molar-refractivity contribution < 1.29 is 18.3 Å². The Kier molecular flexibility index (Phi) is 5.24. The first-order valence-corrected chi connectivity index (χ1v) is 10.2. The van der Waals surface area contributed by atoms with E-state index in [0.29, 0.717) is 24.5 Å². The van der Waals surface area contributed by atoms with E-state index in [9.17, 15) is 13.2 Å². The van der Waals surface area contributed by atoms with Crippen molar-refractivity contribution in [3.63, 3.8) is 0 Å². The molecule has 1 aliphatic heterocycles. The summed E-state index contributed by atoms with van der Waals surface area (Å²) in [4.78, 5) is 13.5. The molecule has 25 heavy (non-hydrogen) atoms. The molecular weight excluding hydrogens is 360 g/mol. The van der Waals surface area contributed by atoms with Gasteiger partial charge in [-0.05, 0) is 24.7 Å². The van der Waals surface area contributed by atoms with E-state index < -0.39 is 16.0 Å². The van der Waals surface area contributed by atoms with Gasteiger partial charge < -0.3 is 10.0 Å². The number of carbonyl (C=O) groups is 1. The fourth-order valence-electron chi connectivity index (χ4n) is 2.99. The van der Waals surface area contributed by atoms with Gasteiger partial charge in [-0.25, -0.2) is 8.42 Å². The number of nitrogens with zero attached hydrogens (tertiary/aromatic N) is 2. The van der Waals surface area contributed by atoms with E-state index in [-0.39, 0.29) is 16.7 Å². The molecule has 1 fully saturated rings. The van der Waals surface area contributed by atoms with Gasteiger partial charge in [0, 0.05) is 24.5 Å². The Bertz CT molecular complexity index is 849. The Balaban J connectivity index is 1.93. The zero-order chi connectivity index (χ0) is 18.0. The number of piperazine rings is 1. The van der Waals surface area contributed by atoms with Crippen molar-refractivity contribution in [2.45, 2.75) is 16.7 Å². The highest BCUT2D eigenvalue weighted by Crippen LogP contribution is 2.33. The third-order valence-electron chi connectivity index (χ3n) is 4.24. The van der Waals surface area contributed by atoms with Gasteiger partial charge in [0.2, 0.25) is 0 Å². The fourth-order valence-corrected chi connectivity index (χ4v) is 6.07. The van der Waals surface area contributed by atoms with Crippen LogP contribution < -0.4 is 0 Å². The average Bonchev–Trinajstić information content (AvgIpc) is 3.04. The monoisotopic (exact) mass is 380 g/mol. The smallest absolute Gasteiger partial charge is 0.308 e. The number of aliphatic carboxylic acids is 1. The minimum atomic E-state index is -3.67. The van der Waals surface area contributed by atoms with Crippen molar-refractivity contribution in [3.8, 4) is 0 Å². The minimum Gasteiger partial charge on any atom is -0.481 e. The number of likely N-dealkylation sites (N-methyl/N-ethyl adjacent to an activating group) is 1. The summed E-state index contributed by atoms with van der Waals surface area (Å²) in [6.45, 7) is 1.69. The summed E-state index contributed by atoms with van der Waals surface area (Å²) < 4.78 is 28.0. The SMILES string of the molecule is CN1CCN(S(=O)(=O)c2ccc(CC(=O)O)s2)C(c2ccccc2)C1. The Morgan fingerprint density at radius 1 is 1.20 bits per heavy atom. The van der Waals surface area contributed by atoms with Crippen LogP contribution in [0.15, 0.2) is 46.7 Å². The molecule has 3 rings (SSSR count). The van der Waals surface area contributed by atoms with Crippen molar-refractivity contribution in [3.05, 3.63) is 52.9 Å². The summed E-state index contributed by atoms with van der Waals surface area (Å²) in [6.07, 6.45) is -0.162. The summed E-state index contributed by atoms with van der Waals surface area (Å²) in [5.41, 5.74) is 0.958. The Morgan fingerprint density at radius 2 is 1.92 bits per heavy atom. The Morgan fingerprint density at radius 3 is 2.60 bits per heavy atom. The van der Waals surface area contributed by atoms with Crippen LogP contribution in [0, 0.1) is 0 Å². The zero-order valence-corrected chi connectivity index (χ0v) is 15.5. The number of hydrogen-bond donors (Lipinski definition) is 1. The molecule has 0 amide bonds. The molecule has 0 bridgehead atoms. The van der Waals surface area contributed by atoms with Crippen LogP contribution in [0.3, 0.4) is 0 Å². The topological polar surface area (TPSA) is 77.9 Å². The second kappa shape index (κ2) is 7.25. The zero-order valence-electron chi connectivity index (χ0n) is 13.8. The van der Waals surface area contributed by atoms with Crippen molar-refractivity contribution in [1.29, 1.82) is 0 Å². The first-order valence-electron chi connectivity index (χ1n) is 7.94. The van der Waals surface area contributed by atoms with Crippen LogP contribution in [0.2, 0.25) is 0 Å². The van der Waals surface area contributed by atoms with Gasteiger partial charge in [0.1, 0.15) is 4.21 Å². The summed E-state index contributed by atoms with van der Waals surface area (Å²) in [5.74, 6) is -0.965. The molecule has 1 N–H and O–H groups in total. The lowest BCUT2D eigenvalue weighted by atomic mass is 10.1. The largest absolute Gasteiger partial charge is 0.481 e. The number of benzene rings is 1. The second-order valence-electron chi connectivity index (χ2n) is 6.10. The van der Waals surface area contributed by atoms with Crippen LogP contribution in [-0.4, -0.2) is 55.4 Å². The molecule has 1 aromatic heterocycles. The summed E-state index contributed by atoms with van der Waals surface area (Å²) in [7, 11) is -1.68. The predicted octanol–water partition coefficient (Wildman–Crippen LogP) is 2.05. The molecule has 1 saturated heterocycles. The normalized spacial score (nSPS) is 19.8. The summed E-state index contributed by atoms with van der Waals surface area (Å²) >= 11 is 1.04. The maximum Gasteiger partial charge on any atom is 0.308 e. The lowest BCUT2D eigenvalue weighted by Gasteiger charge is -2.39. The lowest BCUT2D eigenvalue weighted by Crippen LogP contribution is -2.49. The third-order valence-corrected chi connectivity index (χ3v) is 7.70. The van der Waals surface area contributed by atoms with Gasteiger partial charge >= 0.3 is 5.97 Å². The second-order valence-corrected chi connectivity index (χ2v) is 9.38. The van der Waals surface area contributed by atoms with E-state index in [1.165, 1.54) is 6.07 Å². The minimum absolute atomic E-state index is 0.162. The fraction of sp³-hybridized carbons (Fsp3) is 0.353. The first-order chi connectivity index (χ1) is 11.9. The third kappa shape index (κ3) is 3.92. The van der Waals surface area contributed by atoms with E-state index >= 15 is 0 Å². The highest BCUT2D eigenvalue weighted by atomic mass is 32.2. The summed E-state index contributed by atoms with van der Waals surface area (Å²) in [5, 5.41) is 8.89. The average molecular weight is 380 g/mol. The van der Waals surface area contributed by atoms with Gasteiger partial charge in [-0.2, -0.15) is 4.31 Å². The number of carboxylic acids is 1. The number of rotatable bonds is 5. The number of sulfonamides is 1. The standard InChI is InChI=1S/C17H20N2O4S2/c1-18-9-10-19(15(12-18)13-5-3-2-4-6-13)25(22,23)17-8-7-14(24-17)11-16(20)21/h2-8,15H,9-12H2,1H3,(H,20,21). The number of hydrogen-bond acceptors (Lipinski definition) is 5.